The SMILES string of the molecule is CN(C)CC1CC2(CCC1(O)c1cccc(F)c1)OCCc1c2sc2ccccc12.O=C(O)CC(O)(CC(=O)O)C(=O)O. The number of thiophene rings is 1. The summed E-state index contributed by atoms with van der Waals surface area (Å²) in [6, 6.07) is 15.1. The van der Waals surface area contributed by atoms with Crippen molar-refractivity contribution in [3.8, 4) is 0 Å². The summed E-state index contributed by atoms with van der Waals surface area (Å²) in [5.41, 5.74) is -2.07. The number of rotatable bonds is 8. The smallest absolute Gasteiger partial charge is 0.336 e. The molecule has 3 unspecified atom stereocenters. The number of carboxylic acid groups (broad SMARTS) is 3. The third-order valence-corrected chi connectivity index (χ3v) is 9.60. The molecular weight excluding hydrogens is 581 g/mol. The molecule has 232 valence electrons. The second-order valence-corrected chi connectivity index (χ2v) is 12.6. The molecule has 1 fully saturated rings. The lowest BCUT2D eigenvalue weighted by Gasteiger charge is -2.51. The van der Waals surface area contributed by atoms with E-state index >= 15 is 0 Å². The molecule has 1 aliphatic heterocycles. The molecule has 12 heteroatoms. The first-order chi connectivity index (χ1) is 20.2. The summed E-state index contributed by atoms with van der Waals surface area (Å²) in [6.07, 6.45) is 0.682. The Hall–Kier alpha value is -3.42. The van der Waals surface area contributed by atoms with Crippen LogP contribution in [0.3, 0.4) is 0 Å². The molecule has 1 aromatic heterocycles. The minimum absolute atomic E-state index is 0.0563. The average molecular weight is 618 g/mol. The Morgan fingerprint density at radius 3 is 2.33 bits per heavy atom. The average Bonchev–Trinajstić information content (AvgIpc) is 3.30. The summed E-state index contributed by atoms with van der Waals surface area (Å²) in [5, 5.41) is 47.0. The monoisotopic (exact) mass is 617 g/mol. The molecule has 3 atom stereocenters. The first-order valence-electron chi connectivity index (χ1n) is 13.9. The van der Waals surface area contributed by atoms with Gasteiger partial charge in [0.2, 0.25) is 0 Å². The molecule has 2 aliphatic rings. The number of carboxylic acids is 3. The molecule has 2 aromatic carbocycles. The summed E-state index contributed by atoms with van der Waals surface area (Å²) in [7, 11) is 4.06. The second-order valence-electron chi connectivity index (χ2n) is 11.6. The number of ether oxygens (including phenoxy) is 1. The highest BCUT2D eigenvalue weighted by Gasteiger charge is 2.53. The van der Waals surface area contributed by atoms with Crippen LogP contribution < -0.4 is 0 Å². The van der Waals surface area contributed by atoms with Gasteiger partial charge in [-0.25, -0.2) is 9.18 Å². The highest BCUT2D eigenvalue weighted by molar-refractivity contribution is 7.19. The van der Waals surface area contributed by atoms with Crippen LogP contribution in [0.2, 0.25) is 0 Å². The van der Waals surface area contributed by atoms with E-state index in [0.717, 1.165) is 25.8 Å². The predicted molar refractivity (Wildman–Crippen MR) is 156 cm³/mol. The van der Waals surface area contributed by atoms with Gasteiger partial charge in [-0.05, 0) is 74.5 Å². The second kappa shape index (κ2) is 12.7. The van der Waals surface area contributed by atoms with Crippen LogP contribution in [0.15, 0.2) is 48.5 Å². The van der Waals surface area contributed by atoms with Crippen molar-refractivity contribution in [2.24, 2.45) is 5.92 Å². The van der Waals surface area contributed by atoms with E-state index in [1.54, 1.807) is 6.07 Å². The van der Waals surface area contributed by atoms with Gasteiger partial charge >= 0.3 is 17.9 Å². The van der Waals surface area contributed by atoms with Crippen molar-refractivity contribution in [1.82, 2.24) is 4.90 Å². The normalized spacial score (nSPS) is 23.4. The zero-order chi connectivity index (χ0) is 31.6. The molecule has 10 nitrogen and oxygen atoms in total. The standard InChI is InChI=1S/C25H28FNO2S.C6H8O7/c1-27(2)16-18-15-24(11-12-25(18,28)17-6-5-7-19(26)14-17)23-21(10-13-29-24)20-8-3-4-9-22(20)30-23;7-3(8)1-6(13,5(11)12)2-4(9)10/h3-9,14,18,28H,10-13,15-16H2,1-2H3;13H,1-2H2,(H,7,8)(H,9,10)(H,11,12). The lowest BCUT2D eigenvalue weighted by molar-refractivity contribution is -0.170. The Kier molecular flexibility index (Phi) is 9.57. The third kappa shape index (κ3) is 6.89. The number of halogens is 1. The summed E-state index contributed by atoms with van der Waals surface area (Å²) in [5.74, 6) is -5.38. The van der Waals surface area contributed by atoms with Gasteiger partial charge in [-0.15, -0.1) is 11.3 Å². The molecule has 5 rings (SSSR count). The van der Waals surface area contributed by atoms with Gasteiger partial charge in [0.25, 0.3) is 0 Å². The molecule has 1 spiro atoms. The molecule has 5 N–H and O–H groups in total. The molecule has 0 saturated heterocycles. The summed E-state index contributed by atoms with van der Waals surface area (Å²) in [4.78, 5) is 33.9. The van der Waals surface area contributed by atoms with Gasteiger partial charge < -0.3 is 35.2 Å². The van der Waals surface area contributed by atoms with Crippen LogP contribution in [0.4, 0.5) is 4.39 Å². The fraction of sp³-hybridized carbons (Fsp3) is 0.452. The molecule has 43 heavy (non-hydrogen) atoms. The molecule has 0 bridgehead atoms. The van der Waals surface area contributed by atoms with Crippen molar-refractivity contribution < 1.29 is 49.0 Å². The van der Waals surface area contributed by atoms with E-state index in [1.807, 2.05) is 31.5 Å². The van der Waals surface area contributed by atoms with E-state index in [-0.39, 0.29) is 17.3 Å². The van der Waals surface area contributed by atoms with Gasteiger partial charge in [0.05, 0.1) is 25.0 Å². The fourth-order valence-corrected chi connectivity index (χ4v) is 7.67. The maximum atomic E-state index is 14.0. The molecule has 0 amide bonds. The molecular formula is C31H36FNO9S. The molecule has 1 aliphatic carbocycles. The third-order valence-electron chi connectivity index (χ3n) is 8.20. The maximum absolute atomic E-state index is 14.0. The molecule has 2 heterocycles. The number of benzene rings is 2. The van der Waals surface area contributed by atoms with E-state index in [1.165, 1.54) is 32.7 Å². The van der Waals surface area contributed by atoms with Crippen molar-refractivity contribution in [2.45, 2.75) is 55.3 Å². The highest BCUT2D eigenvalue weighted by atomic mass is 32.1. The van der Waals surface area contributed by atoms with Gasteiger partial charge in [0.1, 0.15) is 11.4 Å². The lowest BCUT2D eigenvalue weighted by Crippen LogP contribution is -2.51. The van der Waals surface area contributed by atoms with Gasteiger partial charge in [0.15, 0.2) is 5.60 Å². The minimum Gasteiger partial charge on any atom is -0.481 e. The van der Waals surface area contributed by atoms with Crippen LogP contribution >= 0.6 is 11.3 Å². The first-order valence-corrected chi connectivity index (χ1v) is 14.7. The largest absolute Gasteiger partial charge is 0.481 e. The van der Waals surface area contributed by atoms with Crippen LogP contribution in [-0.4, -0.2) is 81.2 Å². The van der Waals surface area contributed by atoms with E-state index in [2.05, 4.69) is 29.2 Å². The van der Waals surface area contributed by atoms with Gasteiger partial charge in [0, 0.05) is 22.0 Å². The van der Waals surface area contributed by atoms with Crippen LogP contribution in [0.25, 0.3) is 10.1 Å². The van der Waals surface area contributed by atoms with E-state index in [0.29, 0.717) is 18.6 Å². The van der Waals surface area contributed by atoms with Crippen LogP contribution in [0.1, 0.15) is 48.1 Å². The predicted octanol–water partition coefficient (Wildman–Crippen LogP) is 3.81. The first kappa shape index (κ1) is 32.5. The zero-order valence-corrected chi connectivity index (χ0v) is 24.8. The van der Waals surface area contributed by atoms with Gasteiger partial charge in [-0.2, -0.15) is 0 Å². The number of nitrogens with zero attached hydrogens (tertiary/aromatic N) is 1. The summed E-state index contributed by atoms with van der Waals surface area (Å²) >= 11 is 1.84. The van der Waals surface area contributed by atoms with E-state index in [9.17, 15) is 23.9 Å². The zero-order valence-electron chi connectivity index (χ0n) is 24.0. The highest BCUT2D eigenvalue weighted by Crippen LogP contribution is 2.55. The van der Waals surface area contributed by atoms with Crippen molar-refractivity contribution >= 4 is 39.3 Å². The van der Waals surface area contributed by atoms with E-state index in [4.69, 9.17) is 25.2 Å². The van der Waals surface area contributed by atoms with Crippen LogP contribution in [-0.2, 0) is 36.7 Å². The van der Waals surface area contributed by atoms with Gasteiger partial charge in [-0.3, -0.25) is 9.59 Å². The van der Waals surface area contributed by atoms with Crippen LogP contribution in [0, 0.1) is 11.7 Å². The number of hydrogen-bond donors (Lipinski definition) is 5. The topological polar surface area (TPSA) is 165 Å². The Balaban J connectivity index is 0.000000277. The number of hydrogen-bond acceptors (Lipinski definition) is 8. The van der Waals surface area contributed by atoms with E-state index < -0.39 is 42.0 Å². The van der Waals surface area contributed by atoms with Crippen LogP contribution in [0.5, 0.6) is 0 Å². The Labute approximate surface area is 252 Å². The quantitative estimate of drug-likeness (QED) is 0.251. The number of carbonyl (C=O) groups is 3. The molecule has 1 saturated carbocycles. The van der Waals surface area contributed by atoms with Crippen molar-refractivity contribution in [2.75, 3.05) is 27.2 Å². The van der Waals surface area contributed by atoms with Gasteiger partial charge in [-0.1, -0.05) is 30.3 Å². The Morgan fingerprint density at radius 2 is 1.72 bits per heavy atom. The summed E-state index contributed by atoms with van der Waals surface area (Å²) < 4.78 is 21.8. The van der Waals surface area contributed by atoms with Crippen molar-refractivity contribution in [3.63, 3.8) is 0 Å². The Morgan fingerprint density at radius 1 is 1.05 bits per heavy atom. The minimum atomic E-state index is -2.74. The summed E-state index contributed by atoms with van der Waals surface area (Å²) in [6.45, 7) is 1.43. The molecule has 3 aromatic rings. The van der Waals surface area contributed by atoms with Crippen molar-refractivity contribution in [1.29, 1.82) is 0 Å². The maximum Gasteiger partial charge on any atom is 0.336 e. The number of aliphatic hydroxyl groups is 2. The number of fused-ring (bicyclic) bond motifs is 4. The Bertz CT molecular complexity index is 1490. The van der Waals surface area contributed by atoms with Crippen molar-refractivity contribution in [3.05, 3.63) is 70.4 Å². The number of aliphatic carboxylic acids is 3. The fourth-order valence-electron chi connectivity index (χ4n) is 6.24. The lowest BCUT2D eigenvalue weighted by atomic mass is 9.64. The molecule has 0 radical (unpaired) electrons.